The molecule has 0 aromatic carbocycles. The van der Waals surface area contributed by atoms with Gasteiger partial charge in [-0.1, -0.05) is 0 Å². The van der Waals surface area contributed by atoms with Crippen molar-refractivity contribution in [2.45, 2.75) is 39.0 Å². The molecule has 1 heterocycles. The van der Waals surface area contributed by atoms with Crippen LogP contribution in [0.3, 0.4) is 0 Å². The van der Waals surface area contributed by atoms with Crippen LogP contribution in [0.15, 0.2) is 12.1 Å². The monoisotopic (exact) mass is 229 g/mol. The molecule has 0 aliphatic rings. The van der Waals surface area contributed by atoms with Crippen LogP contribution in [0.1, 0.15) is 25.2 Å². The van der Waals surface area contributed by atoms with Crippen LogP contribution in [-0.2, 0) is 16.4 Å². The molecule has 0 saturated carbocycles. The molecule has 0 radical (unpaired) electrons. The van der Waals surface area contributed by atoms with E-state index in [9.17, 15) is 8.42 Å². The Kier molecular flexibility index (Phi) is 3.01. The predicted molar refractivity (Wildman–Crippen MR) is 62.8 cm³/mol. The van der Waals surface area contributed by atoms with E-state index in [-0.39, 0.29) is 0 Å². The Labute approximate surface area is 92.0 Å². The number of aromatic nitrogens is 1. The van der Waals surface area contributed by atoms with Gasteiger partial charge < -0.3 is 4.57 Å². The second-order valence-corrected chi connectivity index (χ2v) is 7.38. The van der Waals surface area contributed by atoms with Crippen LogP contribution >= 0.6 is 0 Å². The lowest BCUT2D eigenvalue weighted by Gasteiger charge is -2.25. The Hall–Kier alpha value is -0.770. The van der Waals surface area contributed by atoms with Gasteiger partial charge in [0.1, 0.15) is 0 Å². The van der Waals surface area contributed by atoms with E-state index < -0.39 is 14.6 Å². The minimum atomic E-state index is -3.03. The summed E-state index contributed by atoms with van der Waals surface area (Å²) in [6.45, 7) is 8.02. The van der Waals surface area contributed by atoms with Gasteiger partial charge in [0, 0.05) is 24.2 Å². The summed E-state index contributed by atoms with van der Waals surface area (Å²) < 4.78 is 24.5. The second-order valence-electron chi connectivity index (χ2n) is 4.73. The van der Waals surface area contributed by atoms with Crippen LogP contribution in [-0.4, -0.2) is 24.0 Å². The van der Waals surface area contributed by atoms with Gasteiger partial charge in [-0.2, -0.15) is 0 Å². The summed E-state index contributed by atoms with van der Waals surface area (Å²) in [6, 6.07) is 4.02. The summed E-state index contributed by atoms with van der Waals surface area (Å²) in [6.07, 6.45) is 1.29. The zero-order valence-electron chi connectivity index (χ0n) is 10.0. The van der Waals surface area contributed by atoms with Crippen molar-refractivity contribution in [2.24, 2.45) is 0 Å². The highest BCUT2D eigenvalue weighted by Gasteiger charge is 2.31. The van der Waals surface area contributed by atoms with E-state index in [4.69, 9.17) is 0 Å². The Bertz CT molecular complexity index is 435. The summed E-state index contributed by atoms with van der Waals surface area (Å²) in [5, 5.41) is 0. The van der Waals surface area contributed by atoms with Gasteiger partial charge >= 0.3 is 0 Å². The van der Waals surface area contributed by atoms with Crippen LogP contribution in [0.2, 0.25) is 0 Å². The summed E-state index contributed by atoms with van der Waals surface area (Å²) >= 11 is 0. The largest absolute Gasteiger partial charge is 0.348 e. The summed E-state index contributed by atoms with van der Waals surface area (Å²) in [7, 11) is -3.03. The molecule has 1 aromatic heterocycles. The molecule has 15 heavy (non-hydrogen) atoms. The van der Waals surface area contributed by atoms with E-state index >= 15 is 0 Å². The first kappa shape index (κ1) is 12.3. The highest BCUT2D eigenvalue weighted by Crippen LogP contribution is 2.20. The highest BCUT2D eigenvalue weighted by molar-refractivity contribution is 7.92. The van der Waals surface area contributed by atoms with Gasteiger partial charge in [-0.05, 0) is 39.8 Å². The molecule has 86 valence electrons. The highest BCUT2D eigenvalue weighted by atomic mass is 32.2. The van der Waals surface area contributed by atoms with E-state index in [1.54, 1.807) is 13.8 Å². The molecule has 0 saturated heterocycles. The van der Waals surface area contributed by atoms with Crippen molar-refractivity contribution in [2.75, 3.05) is 6.26 Å². The second kappa shape index (κ2) is 3.67. The number of hydrogen-bond acceptors (Lipinski definition) is 2. The molecule has 0 fully saturated rings. The number of hydrogen-bond donors (Lipinski definition) is 0. The SMILES string of the molecule is Cc1ccc(C)n1CC(C)(C)S(C)(=O)=O. The minimum Gasteiger partial charge on any atom is -0.348 e. The Balaban J connectivity index is 3.07. The van der Waals surface area contributed by atoms with Crippen molar-refractivity contribution in [3.63, 3.8) is 0 Å². The third-order valence-corrected chi connectivity index (χ3v) is 5.10. The molecule has 0 bridgehead atoms. The molecule has 1 rings (SSSR count). The molecule has 1 aromatic rings. The Morgan fingerprint density at radius 3 is 1.93 bits per heavy atom. The van der Waals surface area contributed by atoms with E-state index in [1.807, 2.05) is 30.5 Å². The van der Waals surface area contributed by atoms with Gasteiger partial charge in [-0.15, -0.1) is 0 Å². The average Bonchev–Trinajstić information content (AvgIpc) is 2.33. The number of sulfone groups is 1. The molecule has 4 heteroatoms. The first-order valence-corrected chi connectivity index (χ1v) is 6.86. The van der Waals surface area contributed by atoms with Gasteiger partial charge in [0.15, 0.2) is 9.84 Å². The van der Waals surface area contributed by atoms with Crippen molar-refractivity contribution in [1.29, 1.82) is 0 Å². The predicted octanol–water partition coefficient (Wildman–Crippen LogP) is 1.93. The fraction of sp³-hybridized carbons (Fsp3) is 0.636. The average molecular weight is 229 g/mol. The maximum absolute atomic E-state index is 11.6. The molecule has 0 unspecified atom stereocenters. The number of aryl methyl sites for hydroxylation is 2. The molecule has 0 N–H and O–H groups in total. The van der Waals surface area contributed by atoms with Crippen molar-refractivity contribution in [3.8, 4) is 0 Å². The number of nitrogens with zero attached hydrogens (tertiary/aromatic N) is 1. The third-order valence-electron chi connectivity index (χ3n) is 2.96. The maximum atomic E-state index is 11.6. The van der Waals surface area contributed by atoms with Crippen molar-refractivity contribution >= 4 is 9.84 Å². The normalized spacial score (nSPS) is 13.1. The van der Waals surface area contributed by atoms with Crippen LogP contribution in [0, 0.1) is 13.8 Å². The zero-order valence-corrected chi connectivity index (χ0v) is 10.9. The first-order chi connectivity index (χ1) is 6.65. The van der Waals surface area contributed by atoms with Crippen molar-refractivity contribution < 1.29 is 8.42 Å². The lowest BCUT2D eigenvalue weighted by atomic mass is 10.2. The molecule has 0 aliphatic carbocycles. The first-order valence-electron chi connectivity index (χ1n) is 4.97. The van der Waals surface area contributed by atoms with Crippen LogP contribution in [0.4, 0.5) is 0 Å². The Morgan fingerprint density at radius 2 is 1.60 bits per heavy atom. The lowest BCUT2D eigenvalue weighted by molar-refractivity contribution is 0.495. The van der Waals surface area contributed by atoms with Gasteiger partial charge in [0.2, 0.25) is 0 Å². The van der Waals surface area contributed by atoms with E-state index in [0.717, 1.165) is 11.4 Å². The quantitative estimate of drug-likeness (QED) is 0.794. The lowest BCUT2D eigenvalue weighted by Crippen LogP contribution is -2.36. The molecule has 0 aliphatic heterocycles. The molecule has 0 atom stereocenters. The van der Waals surface area contributed by atoms with Gasteiger partial charge in [-0.25, -0.2) is 8.42 Å². The summed E-state index contributed by atoms with van der Waals surface area (Å²) in [5.41, 5.74) is 2.20. The van der Waals surface area contributed by atoms with Crippen molar-refractivity contribution in [1.82, 2.24) is 4.57 Å². The molecular formula is C11H19NO2S. The number of rotatable bonds is 3. The fourth-order valence-corrected chi connectivity index (χ4v) is 1.81. The molecule has 3 nitrogen and oxygen atoms in total. The smallest absolute Gasteiger partial charge is 0.154 e. The summed E-state index contributed by atoms with van der Waals surface area (Å²) in [4.78, 5) is 0. The molecule has 0 spiro atoms. The third kappa shape index (κ3) is 2.43. The van der Waals surface area contributed by atoms with Gasteiger partial charge in [0.25, 0.3) is 0 Å². The van der Waals surface area contributed by atoms with Crippen molar-refractivity contribution in [3.05, 3.63) is 23.5 Å². The molecule has 0 amide bonds. The van der Waals surface area contributed by atoms with Gasteiger partial charge in [-0.3, -0.25) is 0 Å². The maximum Gasteiger partial charge on any atom is 0.154 e. The minimum absolute atomic E-state index is 0.510. The van der Waals surface area contributed by atoms with Crippen LogP contribution in [0.25, 0.3) is 0 Å². The molecular weight excluding hydrogens is 210 g/mol. The van der Waals surface area contributed by atoms with Crippen LogP contribution < -0.4 is 0 Å². The summed E-state index contributed by atoms with van der Waals surface area (Å²) in [5.74, 6) is 0. The fourth-order valence-electron chi connectivity index (χ4n) is 1.45. The van der Waals surface area contributed by atoms with E-state index in [0.29, 0.717) is 6.54 Å². The van der Waals surface area contributed by atoms with E-state index in [1.165, 1.54) is 6.26 Å². The Morgan fingerprint density at radius 1 is 1.20 bits per heavy atom. The van der Waals surface area contributed by atoms with E-state index in [2.05, 4.69) is 0 Å². The van der Waals surface area contributed by atoms with Crippen LogP contribution in [0.5, 0.6) is 0 Å². The zero-order chi connectivity index (χ0) is 11.9. The standard InChI is InChI=1S/C11H19NO2S/c1-9-6-7-10(2)12(9)8-11(3,4)15(5,13)14/h6-7H,8H2,1-5H3. The van der Waals surface area contributed by atoms with Gasteiger partial charge in [0.05, 0.1) is 4.75 Å². The topological polar surface area (TPSA) is 39.1 Å².